The van der Waals surface area contributed by atoms with Crippen molar-refractivity contribution < 1.29 is 4.92 Å². The normalized spacial score (nSPS) is 10.3. The number of hydrogen-bond acceptors (Lipinski definition) is 4. The van der Waals surface area contributed by atoms with Gasteiger partial charge in [-0.3, -0.25) is 10.1 Å². The lowest BCUT2D eigenvalue weighted by molar-refractivity contribution is -0.385. The first-order valence-electron chi connectivity index (χ1n) is 6.22. The SMILES string of the molecule is CNc1cc(Sc2ccc(C)c(C)c2)cc([N+](=O)[O-])c1. The van der Waals surface area contributed by atoms with Crippen LogP contribution in [0.4, 0.5) is 11.4 Å². The second-order valence-electron chi connectivity index (χ2n) is 4.57. The van der Waals surface area contributed by atoms with Gasteiger partial charge in [0.1, 0.15) is 0 Å². The second-order valence-corrected chi connectivity index (χ2v) is 5.72. The van der Waals surface area contributed by atoms with E-state index in [4.69, 9.17) is 0 Å². The Labute approximate surface area is 122 Å². The van der Waals surface area contributed by atoms with Crippen molar-refractivity contribution in [1.82, 2.24) is 0 Å². The van der Waals surface area contributed by atoms with E-state index in [1.165, 1.54) is 29.0 Å². The Bertz CT molecular complexity index is 656. The van der Waals surface area contributed by atoms with Crippen molar-refractivity contribution in [2.45, 2.75) is 23.6 Å². The first-order chi connectivity index (χ1) is 9.49. The molecule has 2 rings (SSSR count). The standard InChI is InChI=1S/C15H16N2O2S/c1-10-4-5-14(6-11(10)2)20-15-8-12(16-3)7-13(9-15)17(18)19/h4-9,16H,1-3H3. The number of nitro benzene ring substituents is 1. The summed E-state index contributed by atoms with van der Waals surface area (Å²) in [6.45, 7) is 4.13. The van der Waals surface area contributed by atoms with E-state index in [-0.39, 0.29) is 10.6 Å². The number of rotatable bonds is 4. The Morgan fingerprint density at radius 1 is 1.05 bits per heavy atom. The number of aryl methyl sites for hydroxylation is 2. The Morgan fingerprint density at radius 3 is 2.40 bits per heavy atom. The maximum absolute atomic E-state index is 10.9. The zero-order chi connectivity index (χ0) is 14.7. The van der Waals surface area contributed by atoms with Gasteiger partial charge in [0.2, 0.25) is 0 Å². The van der Waals surface area contributed by atoms with E-state index in [0.29, 0.717) is 0 Å². The van der Waals surface area contributed by atoms with Gasteiger partial charge in [-0.05, 0) is 43.2 Å². The van der Waals surface area contributed by atoms with E-state index in [1.807, 2.05) is 12.1 Å². The van der Waals surface area contributed by atoms with Crippen molar-refractivity contribution >= 4 is 23.1 Å². The van der Waals surface area contributed by atoms with E-state index in [9.17, 15) is 10.1 Å². The third-order valence-corrected chi connectivity index (χ3v) is 4.07. The van der Waals surface area contributed by atoms with Crippen LogP contribution in [0.25, 0.3) is 0 Å². The zero-order valence-electron chi connectivity index (χ0n) is 11.6. The molecular formula is C15H16N2O2S. The molecule has 0 heterocycles. The first kappa shape index (κ1) is 14.4. The van der Waals surface area contributed by atoms with Crippen molar-refractivity contribution in [3.05, 3.63) is 57.6 Å². The highest BCUT2D eigenvalue weighted by molar-refractivity contribution is 7.99. The molecule has 104 valence electrons. The summed E-state index contributed by atoms with van der Waals surface area (Å²) < 4.78 is 0. The van der Waals surface area contributed by atoms with Gasteiger partial charge in [-0.2, -0.15) is 0 Å². The van der Waals surface area contributed by atoms with Gasteiger partial charge in [0, 0.05) is 34.7 Å². The Balaban J connectivity index is 2.34. The minimum absolute atomic E-state index is 0.100. The minimum Gasteiger partial charge on any atom is -0.388 e. The van der Waals surface area contributed by atoms with Crippen LogP contribution in [0.3, 0.4) is 0 Å². The molecule has 0 aliphatic carbocycles. The van der Waals surface area contributed by atoms with Crippen molar-refractivity contribution in [3.63, 3.8) is 0 Å². The number of nitrogens with zero attached hydrogens (tertiary/aromatic N) is 1. The highest BCUT2D eigenvalue weighted by Crippen LogP contribution is 2.33. The maximum Gasteiger partial charge on any atom is 0.272 e. The van der Waals surface area contributed by atoms with Gasteiger partial charge >= 0.3 is 0 Å². The first-order valence-corrected chi connectivity index (χ1v) is 7.03. The molecule has 1 N–H and O–H groups in total. The molecule has 0 aliphatic heterocycles. The van der Waals surface area contributed by atoms with Crippen LogP contribution in [0.2, 0.25) is 0 Å². The molecule has 5 heteroatoms. The van der Waals surface area contributed by atoms with Gasteiger partial charge in [-0.1, -0.05) is 17.8 Å². The number of benzene rings is 2. The van der Waals surface area contributed by atoms with E-state index >= 15 is 0 Å². The molecule has 0 bridgehead atoms. The molecule has 2 aromatic carbocycles. The Kier molecular flexibility index (Phi) is 4.29. The predicted molar refractivity (Wildman–Crippen MR) is 82.7 cm³/mol. The molecule has 0 amide bonds. The molecular weight excluding hydrogens is 272 g/mol. The molecule has 0 aliphatic rings. The summed E-state index contributed by atoms with van der Waals surface area (Å²) in [7, 11) is 1.75. The smallest absolute Gasteiger partial charge is 0.272 e. The lowest BCUT2D eigenvalue weighted by Gasteiger charge is -2.07. The van der Waals surface area contributed by atoms with E-state index in [1.54, 1.807) is 13.1 Å². The molecule has 0 atom stereocenters. The summed E-state index contributed by atoms with van der Waals surface area (Å²) in [6.07, 6.45) is 0. The van der Waals surface area contributed by atoms with Crippen LogP contribution >= 0.6 is 11.8 Å². The predicted octanol–water partition coefficient (Wildman–Crippen LogP) is 4.40. The van der Waals surface area contributed by atoms with Crippen LogP contribution in [0.1, 0.15) is 11.1 Å². The van der Waals surface area contributed by atoms with E-state index < -0.39 is 0 Å². The highest BCUT2D eigenvalue weighted by Gasteiger charge is 2.10. The van der Waals surface area contributed by atoms with Crippen LogP contribution < -0.4 is 5.32 Å². The second kappa shape index (κ2) is 5.96. The van der Waals surface area contributed by atoms with E-state index in [2.05, 4.69) is 31.3 Å². The summed E-state index contributed by atoms with van der Waals surface area (Å²) in [4.78, 5) is 12.5. The van der Waals surface area contributed by atoms with Crippen LogP contribution in [-0.4, -0.2) is 12.0 Å². The molecule has 0 fully saturated rings. The van der Waals surface area contributed by atoms with Gasteiger partial charge in [-0.15, -0.1) is 0 Å². The Hall–Kier alpha value is -2.01. The fraction of sp³-hybridized carbons (Fsp3) is 0.200. The molecule has 0 aromatic heterocycles. The summed E-state index contributed by atoms with van der Waals surface area (Å²) in [5, 5.41) is 13.9. The third-order valence-electron chi connectivity index (χ3n) is 3.10. The lowest BCUT2D eigenvalue weighted by Crippen LogP contribution is -1.93. The molecule has 0 spiro atoms. The van der Waals surface area contributed by atoms with Crippen molar-refractivity contribution in [1.29, 1.82) is 0 Å². The highest BCUT2D eigenvalue weighted by atomic mass is 32.2. The van der Waals surface area contributed by atoms with Gasteiger partial charge in [-0.25, -0.2) is 0 Å². The number of non-ortho nitro benzene ring substituents is 1. The van der Waals surface area contributed by atoms with Crippen molar-refractivity contribution in [2.75, 3.05) is 12.4 Å². The number of nitrogens with one attached hydrogen (secondary N) is 1. The van der Waals surface area contributed by atoms with Crippen molar-refractivity contribution in [3.8, 4) is 0 Å². The van der Waals surface area contributed by atoms with Gasteiger partial charge in [0.15, 0.2) is 0 Å². The molecule has 0 saturated carbocycles. The van der Waals surface area contributed by atoms with Crippen LogP contribution in [0, 0.1) is 24.0 Å². The molecule has 0 radical (unpaired) electrons. The largest absolute Gasteiger partial charge is 0.388 e. The van der Waals surface area contributed by atoms with Crippen LogP contribution in [0.5, 0.6) is 0 Å². The summed E-state index contributed by atoms with van der Waals surface area (Å²) in [5.74, 6) is 0. The average molecular weight is 288 g/mol. The lowest BCUT2D eigenvalue weighted by atomic mass is 10.1. The summed E-state index contributed by atoms with van der Waals surface area (Å²) >= 11 is 1.53. The fourth-order valence-corrected chi connectivity index (χ4v) is 2.82. The van der Waals surface area contributed by atoms with Gasteiger partial charge in [0.25, 0.3) is 5.69 Å². The number of nitro groups is 1. The molecule has 2 aromatic rings. The van der Waals surface area contributed by atoms with Gasteiger partial charge < -0.3 is 5.32 Å². The quantitative estimate of drug-likeness (QED) is 0.669. The minimum atomic E-state index is -0.370. The van der Waals surface area contributed by atoms with Crippen LogP contribution in [-0.2, 0) is 0 Å². The summed E-state index contributed by atoms with van der Waals surface area (Å²) in [6, 6.07) is 11.2. The van der Waals surface area contributed by atoms with E-state index in [0.717, 1.165) is 15.5 Å². The fourth-order valence-electron chi connectivity index (χ4n) is 1.81. The van der Waals surface area contributed by atoms with Gasteiger partial charge in [0.05, 0.1) is 4.92 Å². The molecule has 20 heavy (non-hydrogen) atoms. The van der Waals surface area contributed by atoms with Crippen molar-refractivity contribution in [2.24, 2.45) is 0 Å². The zero-order valence-corrected chi connectivity index (χ0v) is 12.5. The van der Waals surface area contributed by atoms with Crippen LogP contribution in [0.15, 0.2) is 46.2 Å². The topological polar surface area (TPSA) is 55.2 Å². The maximum atomic E-state index is 10.9. The third kappa shape index (κ3) is 3.30. The number of hydrogen-bond donors (Lipinski definition) is 1. The Morgan fingerprint density at radius 2 is 1.80 bits per heavy atom. The molecule has 0 unspecified atom stereocenters. The monoisotopic (exact) mass is 288 g/mol. The average Bonchev–Trinajstić information content (AvgIpc) is 2.42. The number of anilines is 1. The summed E-state index contributed by atoms with van der Waals surface area (Å²) in [5.41, 5.74) is 3.30. The molecule has 4 nitrogen and oxygen atoms in total. The molecule has 0 saturated heterocycles.